The molecule has 1 aliphatic rings. The number of anilines is 2. The first-order valence-corrected chi connectivity index (χ1v) is 9.70. The van der Waals surface area contributed by atoms with E-state index in [1.165, 1.54) is 11.3 Å². The third-order valence-electron chi connectivity index (χ3n) is 4.44. The number of aliphatic hydroxyl groups is 3. The Bertz CT molecular complexity index is 850. The summed E-state index contributed by atoms with van der Waals surface area (Å²) in [5, 5.41) is 35.0. The maximum Gasteiger partial charge on any atom is 0.228 e. The molecule has 0 amide bonds. The molecule has 0 aromatic carbocycles. The van der Waals surface area contributed by atoms with E-state index in [0.717, 1.165) is 4.88 Å². The average Bonchev–Trinajstić information content (AvgIpc) is 3.24. The third kappa shape index (κ3) is 4.34. The van der Waals surface area contributed by atoms with E-state index in [-0.39, 0.29) is 11.8 Å². The quantitative estimate of drug-likeness (QED) is 0.445. The topological polar surface area (TPSA) is 102 Å². The molecule has 0 spiro atoms. The van der Waals surface area contributed by atoms with Crippen molar-refractivity contribution >= 4 is 34.7 Å². The van der Waals surface area contributed by atoms with Gasteiger partial charge in [0.15, 0.2) is 5.15 Å². The predicted octanol–water partition coefficient (Wildman–Crippen LogP) is 1.17. The predicted molar refractivity (Wildman–Crippen MR) is 106 cm³/mol. The van der Waals surface area contributed by atoms with Gasteiger partial charge in [-0.05, 0) is 17.9 Å². The molecule has 0 radical (unpaired) electrons. The second kappa shape index (κ2) is 8.42. The lowest BCUT2D eigenvalue weighted by atomic mass is 10.1. The molecule has 144 valence electrons. The summed E-state index contributed by atoms with van der Waals surface area (Å²) in [6, 6.07) is 3.32. The number of nitrogens with zero attached hydrogens (tertiary/aromatic N) is 3. The standard InChI is InChI=1S/C18H21ClN4O3S/c1-23(2)18-21-16(19)12(6-5-11-4-3-7-27-11)17(22-18)20-13-8-10(9-24)14(25)15(13)26/h3-4,7,10,13-15,24-26H,8-9H2,1-2H3,(H,20,21,22). The van der Waals surface area contributed by atoms with Gasteiger partial charge in [-0.1, -0.05) is 29.5 Å². The summed E-state index contributed by atoms with van der Waals surface area (Å²) in [6.07, 6.45) is -1.63. The first-order chi connectivity index (χ1) is 12.9. The van der Waals surface area contributed by atoms with Crippen LogP contribution in [0.5, 0.6) is 0 Å². The minimum atomic E-state index is -1.03. The molecule has 4 N–H and O–H groups in total. The van der Waals surface area contributed by atoms with Gasteiger partial charge in [-0.25, -0.2) is 0 Å². The fourth-order valence-electron chi connectivity index (χ4n) is 2.94. The van der Waals surface area contributed by atoms with Crippen LogP contribution in [-0.4, -0.2) is 64.2 Å². The first kappa shape index (κ1) is 19.9. The Labute approximate surface area is 166 Å². The van der Waals surface area contributed by atoms with Gasteiger partial charge in [-0.3, -0.25) is 0 Å². The Morgan fingerprint density at radius 3 is 2.67 bits per heavy atom. The van der Waals surface area contributed by atoms with Crippen molar-refractivity contribution in [1.29, 1.82) is 0 Å². The van der Waals surface area contributed by atoms with E-state index in [0.29, 0.717) is 23.8 Å². The molecule has 1 saturated carbocycles. The van der Waals surface area contributed by atoms with Crippen molar-refractivity contribution in [3.8, 4) is 11.8 Å². The highest BCUT2D eigenvalue weighted by molar-refractivity contribution is 7.10. The summed E-state index contributed by atoms with van der Waals surface area (Å²) in [6.45, 7) is -0.199. The summed E-state index contributed by atoms with van der Waals surface area (Å²) in [7, 11) is 3.59. The molecule has 9 heteroatoms. The first-order valence-electron chi connectivity index (χ1n) is 8.44. The smallest absolute Gasteiger partial charge is 0.228 e. The highest BCUT2D eigenvalue weighted by atomic mass is 35.5. The summed E-state index contributed by atoms with van der Waals surface area (Å²) >= 11 is 7.87. The second-order valence-electron chi connectivity index (χ2n) is 6.57. The largest absolute Gasteiger partial charge is 0.396 e. The molecule has 3 rings (SSSR count). The van der Waals surface area contributed by atoms with E-state index in [2.05, 4.69) is 27.1 Å². The van der Waals surface area contributed by atoms with Gasteiger partial charge < -0.3 is 25.5 Å². The van der Waals surface area contributed by atoms with Crippen LogP contribution >= 0.6 is 22.9 Å². The van der Waals surface area contributed by atoms with Crippen molar-refractivity contribution in [2.45, 2.75) is 24.7 Å². The third-order valence-corrected chi connectivity index (χ3v) is 5.50. The van der Waals surface area contributed by atoms with E-state index < -0.39 is 24.2 Å². The van der Waals surface area contributed by atoms with Crippen molar-refractivity contribution in [2.24, 2.45) is 5.92 Å². The molecule has 4 atom stereocenters. The van der Waals surface area contributed by atoms with Crippen molar-refractivity contribution in [3.63, 3.8) is 0 Å². The number of nitrogens with one attached hydrogen (secondary N) is 1. The van der Waals surface area contributed by atoms with E-state index in [1.807, 2.05) is 17.5 Å². The summed E-state index contributed by atoms with van der Waals surface area (Å²) < 4.78 is 0. The Morgan fingerprint density at radius 2 is 2.07 bits per heavy atom. The van der Waals surface area contributed by atoms with Gasteiger partial charge in [0.2, 0.25) is 5.95 Å². The van der Waals surface area contributed by atoms with Crippen LogP contribution in [0.3, 0.4) is 0 Å². The van der Waals surface area contributed by atoms with E-state index in [1.54, 1.807) is 19.0 Å². The van der Waals surface area contributed by atoms with E-state index >= 15 is 0 Å². The zero-order chi connectivity index (χ0) is 19.6. The van der Waals surface area contributed by atoms with Crippen LogP contribution in [0.2, 0.25) is 5.15 Å². The fourth-order valence-corrected chi connectivity index (χ4v) is 3.72. The molecule has 4 unspecified atom stereocenters. The normalized spacial score (nSPS) is 24.4. The van der Waals surface area contributed by atoms with Crippen LogP contribution in [0.25, 0.3) is 0 Å². The zero-order valence-corrected chi connectivity index (χ0v) is 16.5. The van der Waals surface area contributed by atoms with Crippen molar-refractivity contribution in [2.75, 3.05) is 30.9 Å². The number of halogens is 1. The summed E-state index contributed by atoms with van der Waals surface area (Å²) in [5.41, 5.74) is 0.421. The van der Waals surface area contributed by atoms with Gasteiger partial charge in [0.25, 0.3) is 0 Å². The molecule has 7 nitrogen and oxygen atoms in total. The van der Waals surface area contributed by atoms with Gasteiger partial charge in [-0.15, -0.1) is 11.3 Å². The highest BCUT2D eigenvalue weighted by Gasteiger charge is 2.41. The van der Waals surface area contributed by atoms with E-state index in [9.17, 15) is 15.3 Å². The monoisotopic (exact) mass is 408 g/mol. The lowest BCUT2D eigenvalue weighted by molar-refractivity contribution is 0.00445. The minimum absolute atomic E-state index is 0.199. The van der Waals surface area contributed by atoms with Gasteiger partial charge in [0.1, 0.15) is 17.5 Å². The van der Waals surface area contributed by atoms with Crippen LogP contribution in [-0.2, 0) is 0 Å². The molecular formula is C18H21ClN4O3S. The van der Waals surface area contributed by atoms with Gasteiger partial charge in [0.05, 0.1) is 17.0 Å². The van der Waals surface area contributed by atoms with Crippen LogP contribution in [0.4, 0.5) is 11.8 Å². The summed E-state index contributed by atoms with van der Waals surface area (Å²) in [4.78, 5) is 11.3. The number of rotatable bonds is 4. The van der Waals surface area contributed by atoms with E-state index in [4.69, 9.17) is 11.6 Å². The molecule has 1 fully saturated rings. The number of aromatic nitrogens is 2. The minimum Gasteiger partial charge on any atom is -0.396 e. The maximum atomic E-state index is 10.3. The molecule has 2 aromatic rings. The van der Waals surface area contributed by atoms with Crippen LogP contribution in [0.15, 0.2) is 17.5 Å². The molecule has 1 aliphatic carbocycles. The Kier molecular flexibility index (Phi) is 6.19. The number of hydrogen-bond acceptors (Lipinski definition) is 8. The second-order valence-corrected chi connectivity index (χ2v) is 7.88. The molecule has 2 heterocycles. The zero-order valence-electron chi connectivity index (χ0n) is 14.9. The molecule has 0 saturated heterocycles. The van der Waals surface area contributed by atoms with Crippen molar-refractivity contribution < 1.29 is 15.3 Å². The van der Waals surface area contributed by atoms with Crippen LogP contribution < -0.4 is 10.2 Å². The van der Waals surface area contributed by atoms with Gasteiger partial charge in [0, 0.05) is 26.6 Å². The number of hydrogen-bond donors (Lipinski definition) is 4. The lowest BCUT2D eigenvalue weighted by Gasteiger charge is -2.21. The van der Waals surface area contributed by atoms with Crippen molar-refractivity contribution in [1.82, 2.24) is 9.97 Å². The van der Waals surface area contributed by atoms with Crippen LogP contribution in [0, 0.1) is 17.8 Å². The Morgan fingerprint density at radius 1 is 1.30 bits per heavy atom. The van der Waals surface area contributed by atoms with Gasteiger partial charge in [-0.2, -0.15) is 9.97 Å². The highest BCUT2D eigenvalue weighted by Crippen LogP contribution is 2.31. The molecule has 27 heavy (non-hydrogen) atoms. The molecule has 0 bridgehead atoms. The lowest BCUT2D eigenvalue weighted by Crippen LogP contribution is -2.36. The molecule has 2 aromatic heterocycles. The molecule has 0 aliphatic heterocycles. The SMILES string of the molecule is CN(C)c1nc(Cl)c(C#Cc2cccs2)c(NC2CC(CO)C(O)C2O)n1. The number of aliphatic hydroxyl groups excluding tert-OH is 3. The fraction of sp³-hybridized carbons (Fsp3) is 0.444. The average molecular weight is 409 g/mol. The summed E-state index contributed by atoms with van der Waals surface area (Å²) in [5.74, 6) is 6.42. The van der Waals surface area contributed by atoms with Crippen molar-refractivity contribution in [3.05, 3.63) is 33.1 Å². The number of thiophene rings is 1. The Balaban J connectivity index is 1.96. The maximum absolute atomic E-state index is 10.3. The van der Waals surface area contributed by atoms with Crippen LogP contribution in [0.1, 0.15) is 16.9 Å². The van der Waals surface area contributed by atoms with Gasteiger partial charge >= 0.3 is 0 Å². The molecular weight excluding hydrogens is 388 g/mol. The Hall–Kier alpha value is -1.89.